The monoisotopic (exact) mass is 216 g/mol. The van der Waals surface area contributed by atoms with Crippen molar-refractivity contribution in [2.45, 2.75) is 6.92 Å². The average Bonchev–Trinajstić information content (AvgIpc) is 2.31. The van der Waals surface area contributed by atoms with Gasteiger partial charge in [-0.25, -0.2) is 4.79 Å². The molecular weight excluding hydrogens is 204 g/mol. The summed E-state index contributed by atoms with van der Waals surface area (Å²) in [6, 6.07) is 10.5. The lowest BCUT2D eigenvalue weighted by molar-refractivity contribution is -0.136. The van der Waals surface area contributed by atoms with E-state index in [9.17, 15) is 4.79 Å². The summed E-state index contributed by atoms with van der Waals surface area (Å²) in [6.45, 7) is 1.94. The van der Waals surface area contributed by atoms with Crippen LogP contribution >= 0.6 is 0 Å². The van der Waals surface area contributed by atoms with E-state index in [0.29, 0.717) is 5.56 Å². The van der Waals surface area contributed by atoms with Crippen LogP contribution in [0.15, 0.2) is 36.0 Å². The maximum Gasteiger partial charge on any atom is 0.341 e. The highest BCUT2D eigenvalue weighted by Crippen LogP contribution is 2.17. The summed E-state index contributed by atoms with van der Waals surface area (Å²) >= 11 is 0. The van der Waals surface area contributed by atoms with E-state index in [1.165, 1.54) is 0 Å². The van der Waals surface area contributed by atoms with Gasteiger partial charge in [0.05, 0.1) is 6.61 Å². The molecular formula is C12H12N2O2. The van der Waals surface area contributed by atoms with Gasteiger partial charge in [0.25, 0.3) is 0 Å². The minimum atomic E-state index is -0.576. The zero-order valence-corrected chi connectivity index (χ0v) is 8.93. The fourth-order valence-electron chi connectivity index (χ4n) is 1.25. The first-order valence-electron chi connectivity index (χ1n) is 4.83. The molecule has 0 unspecified atom stereocenters. The molecule has 2 N–H and O–H groups in total. The van der Waals surface area contributed by atoms with Gasteiger partial charge in [0.1, 0.15) is 17.3 Å². The van der Waals surface area contributed by atoms with Crippen molar-refractivity contribution in [3.63, 3.8) is 0 Å². The molecule has 4 heteroatoms. The van der Waals surface area contributed by atoms with Crippen molar-refractivity contribution in [2.75, 3.05) is 6.61 Å². The first kappa shape index (κ1) is 11.8. The number of rotatable bonds is 3. The van der Waals surface area contributed by atoms with Gasteiger partial charge < -0.3 is 10.5 Å². The fraction of sp³-hybridized carbons (Fsp3) is 0.167. The highest BCUT2D eigenvalue weighted by molar-refractivity contribution is 6.18. The Morgan fingerprint density at radius 2 is 2.06 bits per heavy atom. The van der Waals surface area contributed by atoms with Gasteiger partial charge in [0, 0.05) is 0 Å². The van der Waals surface area contributed by atoms with Crippen LogP contribution in [0.25, 0.3) is 5.57 Å². The van der Waals surface area contributed by atoms with Gasteiger partial charge in [-0.05, 0) is 12.5 Å². The largest absolute Gasteiger partial charge is 0.462 e. The number of carbonyl (C=O) groups is 1. The Labute approximate surface area is 93.9 Å². The molecule has 0 bridgehead atoms. The third kappa shape index (κ3) is 2.61. The molecule has 0 aromatic heterocycles. The van der Waals surface area contributed by atoms with E-state index in [2.05, 4.69) is 0 Å². The van der Waals surface area contributed by atoms with Crippen molar-refractivity contribution < 1.29 is 9.53 Å². The van der Waals surface area contributed by atoms with Crippen molar-refractivity contribution in [1.29, 1.82) is 5.26 Å². The summed E-state index contributed by atoms with van der Waals surface area (Å²) in [5.41, 5.74) is 6.06. The molecule has 0 spiro atoms. The predicted molar refractivity (Wildman–Crippen MR) is 59.8 cm³/mol. The molecule has 0 atom stereocenters. The lowest BCUT2D eigenvalue weighted by Gasteiger charge is -2.07. The molecule has 0 saturated heterocycles. The summed E-state index contributed by atoms with van der Waals surface area (Å²) in [7, 11) is 0. The van der Waals surface area contributed by atoms with Crippen LogP contribution in [0.5, 0.6) is 0 Å². The summed E-state index contributed by atoms with van der Waals surface area (Å²) in [4.78, 5) is 11.6. The molecule has 0 fully saturated rings. The maximum absolute atomic E-state index is 11.6. The van der Waals surface area contributed by atoms with E-state index in [1.54, 1.807) is 37.3 Å². The first-order valence-corrected chi connectivity index (χ1v) is 4.83. The molecule has 0 aliphatic heterocycles. The van der Waals surface area contributed by atoms with E-state index in [4.69, 9.17) is 15.7 Å². The molecule has 0 aliphatic rings. The number of hydrogen-bond acceptors (Lipinski definition) is 4. The van der Waals surface area contributed by atoms with Gasteiger partial charge in [0.2, 0.25) is 0 Å². The number of hydrogen-bond donors (Lipinski definition) is 1. The number of allylic oxidation sites excluding steroid dienone is 1. The van der Waals surface area contributed by atoms with Gasteiger partial charge in [-0.1, -0.05) is 30.3 Å². The third-order valence-corrected chi connectivity index (χ3v) is 1.93. The Morgan fingerprint density at radius 1 is 1.44 bits per heavy atom. The van der Waals surface area contributed by atoms with Crippen LogP contribution < -0.4 is 5.73 Å². The second-order valence-electron chi connectivity index (χ2n) is 2.99. The highest BCUT2D eigenvalue weighted by Gasteiger charge is 2.16. The number of benzene rings is 1. The highest BCUT2D eigenvalue weighted by atomic mass is 16.5. The van der Waals surface area contributed by atoms with Crippen LogP contribution in [-0.4, -0.2) is 12.6 Å². The minimum absolute atomic E-state index is 0.116. The van der Waals surface area contributed by atoms with Gasteiger partial charge in [-0.15, -0.1) is 0 Å². The Balaban J connectivity index is 3.19. The van der Waals surface area contributed by atoms with Crippen molar-refractivity contribution in [3.05, 3.63) is 41.6 Å². The molecule has 0 radical (unpaired) electrons. The number of nitriles is 1. The third-order valence-electron chi connectivity index (χ3n) is 1.93. The van der Waals surface area contributed by atoms with Gasteiger partial charge in [0.15, 0.2) is 0 Å². The summed E-state index contributed by atoms with van der Waals surface area (Å²) in [5.74, 6) is -0.576. The Kier molecular flexibility index (Phi) is 4.10. The molecule has 1 aromatic carbocycles. The van der Waals surface area contributed by atoms with Crippen LogP contribution in [0, 0.1) is 11.3 Å². The Bertz CT molecular complexity index is 444. The molecule has 16 heavy (non-hydrogen) atoms. The summed E-state index contributed by atoms with van der Waals surface area (Å²) in [6.07, 6.45) is 0. The second-order valence-corrected chi connectivity index (χ2v) is 2.99. The van der Waals surface area contributed by atoms with Crippen molar-refractivity contribution in [3.8, 4) is 6.07 Å². The molecule has 1 aromatic rings. The van der Waals surface area contributed by atoms with Crippen LogP contribution in [0.4, 0.5) is 0 Å². The zero-order chi connectivity index (χ0) is 12.0. The lowest BCUT2D eigenvalue weighted by atomic mass is 10.0. The first-order chi connectivity index (χ1) is 7.70. The molecule has 82 valence electrons. The van der Waals surface area contributed by atoms with Gasteiger partial charge >= 0.3 is 5.97 Å². The lowest BCUT2D eigenvalue weighted by Crippen LogP contribution is -2.12. The number of ether oxygens (including phenoxy) is 1. The summed E-state index contributed by atoms with van der Waals surface area (Å²) in [5, 5.41) is 8.74. The van der Waals surface area contributed by atoms with E-state index >= 15 is 0 Å². The average molecular weight is 216 g/mol. The van der Waals surface area contributed by atoms with Crippen molar-refractivity contribution in [1.82, 2.24) is 0 Å². The predicted octanol–water partition coefficient (Wildman–Crippen LogP) is 1.44. The Hall–Kier alpha value is -2.28. The molecule has 0 amide bonds. The smallest absolute Gasteiger partial charge is 0.341 e. The fourth-order valence-corrected chi connectivity index (χ4v) is 1.25. The number of nitrogens with two attached hydrogens (primary N) is 1. The van der Waals surface area contributed by atoms with Crippen LogP contribution in [-0.2, 0) is 9.53 Å². The molecule has 1 rings (SSSR count). The maximum atomic E-state index is 11.6. The summed E-state index contributed by atoms with van der Waals surface area (Å²) < 4.78 is 4.85. The van der Waals surface area contributed by atoms with E-state index < -0.39 is 5.97 Å². The number of esters is 1. The second kappa shape index (κ2) is 5.56. The van der Waals surface area contributed by atoms with Crippen LogP contribution in [0.2, 0.25) is 0 Å². The molecule has 0 aliphatic carbocycles. The minimum Gasteiger partial charge on any atom is -0.462 e. The quantitative estimate of drug-likeness (QED) is 0.471. The Morgan fingerprint density at radius 3 is 2.56 bits per heavy atom. The van der Waals surface area contributed by atoms with Gasteiger partial charge in [-0.2, -0.15) is 5.26 Å². The molecule has 0 saturated carbocycles. The topological polar surface area (TPSA) is 76.1 Å². The van der Waals surface area contributed by atoms with Gasteiger partial charge in [-0.3, -0.25) is 0 Å². The SMILES string of the molecule is CCOC(=O)/C(=C(\N)C#N)c1ccccc1. The van der Waals surface area contributed by atoms with Crippen LogP contribution in [0.1, 0.15) is 12.5 Å². The zero-order valence-electron chi connectivity index (χ0n) is 8.93. The van der Waals surface area contributed by atoms with E-state index in [0.717, 1.165) is 0 Å². The number of nitrogens with zero attached hydrogens (tertiary/aromatic N) is 1. The molecule has 4 nitrogen and oxygen atoms in total. The van der Waals surface area contributed by atoms with E-state index in [-0.39, 0.29) is 17.9 Å². The van der Waals surface area contributed by atoms with Crippen molar-refractivity contribution in [2.24, 2.45) is 5.73 Å². The van der Waals surface area contributed by atoms with Crippen LogP contribution in [0.3, 0.4) is 0 Å². The standard InChI is InChI=1S/C12H12N2O2/c1-2-16-12(15)11(10(14)8-13)9-6-4-3-5-7-9/h3-7H,2,14H2,1H3/b11-10-. The van der Waals surface area contributed by atoms with Crippen molar-refractivity contribution >= 4 is 11.5 Å². The normalized spacial score (nSPS) is 11.2. The number of carbonyl (C=O) groups excluding carboxylic acids is 1. The van der Waals surface area contributed by atoms with E-state index in [1.807, 2.05) is 6.07 Å². The molecule has 0 heterocycles.